The van der Waals surface area contributed by atoms with Crippen LogP contribution in [0.2, 0.25) is 0 Å². The first-order chi connectivity index (χ1) is 16.9. The van der Waals surface area contributed by atoms with Gasteiger partial charge in [-0.1, -0.05) is 42.5 Å². The Morgan fingerprint density at radius 1 is 1.17 bits per heavy atom. The van der Waals surface area contributed by atoms with Crippen LogP contribution < -0.4 is 5.73 Å². The van der Waals surface area contributed by atoms with E-state index in [4.69, 9.17) is 15.2 Å². The number of hydrogen-bond donors (Lipinski definition) is 1. The molecule has 1 aromatic rings. The molecule has 3 rings (SSSR count). The van der Waals surface area contributed by atoms with Crippen LogP contribution in [0.15, 0.2) is 42.5 Å². The minimum absolute atomic E-state index is 0.0889. The molecule has 36 heavy (non-hydrogen) atoms. The summed E-state index contributed by atoms with van der Waals surface area (Å²) in [5.41, 5.74) is 3.83. The summed E-state index contributed by atoms with van der Waals surface area (Å²) in [5.74, 6) is -2.31. The number of hydrogen-bond acceptors (Lipinski definition) is 8. The van der Waals surface area contributed by atoms with E-state index in [2.05, 4.69) is 0 Å². The van der Waals surface area contributed by atoms with Gasteiger partial charge in [-0.2, -0.15) is 0 Å². The topological polar surface area (TPSA) is 116 Å². The van der Waals surface area contributed by atoms with Crippen molar-refractivity contribution < 1.29 is 28.7 Å². The van der Waals surface area contributed by atoms with Crippen molar-refractivity contribution in [1.82, 2.24) is 4.90 Å². The SMILES string of the molecule is CCOC(=O)[C@H](CC(=O)c1ccccc1)N1[C@@H]2C=CCC[C@@H]2C[C@@]1(C(=O)OC(C)(C)C)C(=O)C(C)N. The Balaban J connectivity index is 2.18. The van der Waals surface area contributed by atoms with E-state index in [1.54, 1.807) is 62.9 Å². The minimum atomic E-state index is -1.82. The highest BCUT2D eigenvalue weighted by Gasteiger charge is 2.65. The summed E-state index contributed by atoms with van der Waals surface area (Å²) in [6.07, 6.45) is 5.34. The highest BCUT2D eigenvalue weighted by Crippen LogP contribution is 2.47. The highest BCUT2D eigenvalue weighted by atomic mass is 16.6. The average molecular weight is 499 g/mol. The van der Waals surface area contributed by atoms with Crippen molar-refractivity contribution in [3.63, 3.8) is 0 Å². The quantitative estimate of drug-likeness (QED) is 0.239. The van der Waals surface area contributed by atoms with Gasteiger partial charge in [0.2, 0.25) is 0 Å². The largest absolute Gasteiger partial charge is 0.465 e. The number of allylic oxidation sites excluding steroid dienone is 1. The van der Waals surface area contributed by atoms with Gasteiger partial charge < -0.3 is 15.2 Å². The molecule has 1 unspecified atom stereocenters. The van der Waals surface area contributed by atoms with E-state index < -0.39 is 47.0 Å². The first kappa shape index (κ1) is 27.7. The molecule has 5 atom stereocenters. The van der Waals surface area contributed by atoms with Gasteiger partial charge in [-0.25, -0.2) is 4.79 Å². The first-order valence-corrected chi connectivity index (χ1v) is 12.7. The molecular weight excluding hydrogens is 460 g/mol. The number of esters is 2. The third-order valence-electron chi connectivity index (χ3n) is 6.77. The van der Waals surface area contributed by atoms with Gasteiger partial charge in [0.05, 0.1) is 12.6 Å². The molecule has 0 aromatic heterocycles. The van der Waals surface area contributed by atoms with Crippen LogP contribution in [0.3, 0.4) is 0 Å². The Hall–Kier alpha value is -2.84. The molecule has 0 spiro atoms. The van der Waals surface area contributed by atoms with Crippen LogP contribution in [0.25, 0.3) is 0 Å². The molecular formula is C28H38N2O6. The standard InChI is InChI=1S/C28H38N2O6/c1-6-35-25(33)22(16-23(31)19-12-8-7-9-13-19)30-21-15-11-10-14-20(21)17-28(30,24(32)18(2)29)26(34)36-27(3,4)5/h7-9,11-13,15,18,20-22H,6,10,14,16-17,29H2,1-5H3/t18?,20-,21-,22+,28+/m1/s1. The third-order valence-corrected chi connectivity index (χ3v) is 6.77. The molecule has 1 heterocycles. The number of Topliss-reactive ketones (excluding diaryl/α,β-unsaturated/α-hetero) is 2. The molecule has 1 aliphatic carbocycles. The van der Waals surface area contributed by atoms with E-state index in [0.29, 0.717) is 5.56 Å². The zero-order valence-corrected chi connectivity index (χ0v) is 21.9. The number of ketones is 2. The highest BCUT2D eigenvalue weighted by molar-refractivity contribution is 6.12. The van der Waals surface area contributed by atoms with Crippen LogP contribution in [0.1, 0.15) is 70.7 Å². The normalized spacial score (nSPS) is 25.5. The fourth-order valence-electron chi connectivity index (χ4n) is 5.34. The van der Waals surface area contributed by atoms with Crippen LogP contribution in [0.5, 0.6) is 0 Å². The number of carbonyl (C=O) groups is 4. The van der Waals surface area contributed by atoms with E-state index in [0.717, 1.165) is 12.8 Å². The number of fused-ring (bicyclic) bond motifs is 1. The van der Waals surface area contributed by atoms with Crippen molar-refractivity contribution in [1.29, 1.82) is 0 Å². The summed E-state index contributed by atoms with van der Waals surface area (Å²) in [7, 11) is 0. The molecule has 0 radical (unpaired) electrons. The average Bonchev–Trinajstić information content (AvgIpc) is 3.17. The second-order valence-corrected chi connectivity index (χ2v) is 10.6. The van der Waals surface area contributed by atoms with Crippen LogP contribution in [0, 0.1) is 5.92 Å². The van der Waals surface area contributed by atoms with E-state index >= 15 is 0 Å². The Labute approximate surface area is 213 Å². The molecule has 0 saturated carbocycles. The second kappa shape index (κ2) is 11.0. The van der Waals surface area contributed by atoms with Crippen LogP contribution in [0.4, 0.5) is 0 Å². The minimum Gasteiger partial charge on any atom is -0.465 e. The molecule has 2 N–H and O–H groups in total. The predicted molar refractivity (Wildman–Crippen MR) is 135 cm³/mol. The first-order valence-electron chi connectivity index (χ1n) is 12.7. The van der Waals surface area contributed by atoms with Gasteiger partial charge in [0.1, 0.15) is 11.6 Å². The lowest BCUT2D eigenvalue weighted by atomic mass is 9.81. The number of likely N-dealkylation sites (tertiary alicyclic amines) is 1. The molecule has 2 aliphatic rings. The maximum absolute atomic E-state index is 13.9. The van der Waals surface area contributed by atoms with E-state index in [-0.39, 0.29) is 31.1 Å². The lowest BCUT2D eigenvalue weighted by Crippen LogP contribution is -2.67. The van der Waals surface area contributed by atoms with Crippen molar-refractivity contribution in [3.8, 4) is 0 Å². The van der Waals surface area contributed by atoms with Gasteiger partial charge in [-0.05, 0) is 59.8 Å². The molecule has 1 fully saturated rings. The van der Waals surface area contributed by atoms with Crippen molar-refractivity contribution >= 4 is 23.5 Å². The molecule has 1 saturated heterocycles. The van der Waals surface area contributed by atoms with Gasteiger partial charge in [-0.15, -0.1) is 0 Å². The number of nitrogens with zero attached hydrogens (tertiary/aromatic N) is 1. The Bertz CT molecular complexity index is 1010. The molecule has 0 amide bonds. The van der Waals surface area contributed by atoms with Gasteiger partial charge in [-0.3, -0.25) is 19.3 Å². The van der Waals surface area contributed by atoms with Crippen molar-refractivity contribution in [2.75, 3.05) is 6.61 Å². The maximum atomic E-state index is 13.9. The fourth-order valence-corrected chi connectivity index (χ4v) is 5.34. The number of nitrogens with two attached hydrogens (primary N) is 1. The molecule has 8 nitrogen and oxygen atoms in total. The Morgan fingerprint density at radius 3 is 2.42 bits per heavy atom. The van der Waals surface area contributed by atoms with Gasteiger partial charge in [0.25, 0.3) is 0 Å². The summed E-state index contributed by atoms with van der Waals surface area (Å²) in [6.45, 7) is 8.47. The van der Waals surface area contributed by atoms with Gasteiger partial charge in [0.15, 0.2) is 17.1 Å². The Kier molecular flexibility index (Phi) is 8.52. The van der Waals surface area contributed by atoms with Crippen molar-refractivity contribution in [3.05, 3.63) is 48.0 Å². The summed E-state index contributed by atoms with van der Waals surface area (Å²) in [6, 6.07) is 6.04. The smallest absolute Gasteiger partial charge is 0.334 e. The molecule has 196 valence electrons. The summed E-state index contributed by atoms with van der Waals surface area (Å²) < 4.78 is 11.2. The van der Waals surface area contributed by atoms with E-state index in [1.807, 2.05) is 12.2 Å². The number of carbonyl (C=O) groups excluding carboxylic acids is 4. The second-order valence-electron chi connectivity index (χ2n) is 10.6. The summed E-state index contributed by atoms with van der Waals surface area (Å²) in [5, 5.41) is 0. The van der Waals surface area contributed by atoms with E-state index in [9.17, 15) is 19.2 Å². The fraction of sp³-hybridized carbons (Fsp3) is 0.571. The van der Waals surface area contributed by atoms with Crippen molar-refractivity contribution in [2.24, 2.45) is 11.7 Å². The summed E-state index contributed by atoms with van der Waals surface area (Å²) in [4.78, 5) is 56.1. The number of benzene rings is 1. The lowest BCUT2D eigenvalue weighted by Gasteiger charge is -2.43. The number of ether oxygens (including phenoxy) is 2. The third kappa shape index (κ3) is 5.60. The molecule has 1 aromatic carbocycles. The maximum Gasteiger partial charge on any atom is 0.334 e. The van der Waals surface area contributed by atoms with Crippen LogP contribution in [-0.4, -0.2) is 64.3 Å². The summed E-state index contributed by atoms with van der Waals surface area (Å²) >= 11 is 0. The van der Waals surface area contributed by atoms with E-state index in [1.165, 1.54) is 6.92 Å². The number of rotatable bonds is 9. The van der Waals surface area contributed by atoms with Crippen LogP contribution >= 0.6 is 0 Å². The van der Waals surface area contributed by atoms with Crippen LogP contribution in [-0.2, 0) is 23.9 Å². The zero-order chi connectivity index (χ0) is 26.7. The molecule has 1 aliphatic heterocycles. The molecule has 8 heteroatoms. The van der Waals surface area contributed by atoms with Gasteiger partial charge in [0, 0.05) is 18.0 Å². The predicted octanol–water partition coefficient (Wildman–Crippen LogP) is 3.23. The molecule has 0 bridgehead atoms. The van der Waals surface area contributed by atoms with Crippen molar-refractivity contribution in [2.45, 2.75) is 89.6 Å². The Morgan fingerprint density at radius 2 is 1.83 bits per heavy atom. The monoisotopic (exact) mass is 498 g/mol. The van der Waals surface area contributed by atoms with Gasteiger partial charge >= 0.3 is 11.9 Å². The zero-order valence-electron chi connectivity index (χ0n) is 21.9. The lowest BCUT2D eigenvalue weighted by molar-refractivity contribution is -0.176.